The number of hydrogen-bond donors (Lipinski definition) is 1. The van der Waals surface area contributed by atoms with E-state index in [1.54, 1.807) is 0 Å². The molecule has 1 aromatic rings. The number of carbonyl (C=O) groups excluding carboxylic acids is 3. The number of nitrogens with one attached hydrogen (secondary N) is 1. The third-order valence-corrected chi connectivity index (χ3v) is 5.35. The Morgan fingerprint density at radius 2 is 1.73 bits per heavy atom. The molecule has 2 aliphatic heterocycles. The van der Waals surface area contributed by atoms with E-state index in [2.05, 4.69) is 5.32 Å². The number of benzene rings is 1. The number of rotatable bonds is 2. The number of amides is 3. The summed E-state index contributed by atoms with van der Waals surface area (Å²) in [5, 5.41) is 2.18. The van der Waals surface area contributed by atoms with Crippen molar-refractivity contribution in [2.75, 3.05) is 26.3 Å². The summed E-state index contributed by atoms with van der Waals surface area (Å²) in [5.74, 6) is -3.29. The van der Waals surface area contributed by atoms with Crippen molar-refractivity contribution in [1.82, 2.24) is 10.2 Å². The van der Waals surface area contributed by atoms with Crippen molar-refractivity contribution in [2.24, 2.45) is 11.3 Å². The first-order valence-corrected chi connectivity index (χ1v) is 8.17. The van der Waals surface area contributed by atoms with Gasteiger partial charge in [0.25, 0.3) is 0 Å². The average Bonchev–Trinajstić information content (AvgIpc) is 3.25. The lowest BCUT2D eigenvalue weighted by Gasteiger charge is -2.29. The number of ether oxygens (including phenoxy) is 1. The Morgan fingerprint density at radius 1 is 1.12 bits per heavy atom. The minimum absolute atomic E-state index is 0.314. The molecule has 0 bridgehead atoms. The second-order valence-corrected chi connectivity index (χ2v) is 6.67. The minimum Gasteiger partial charge on any atom is -0.378 e. The number of piperidine rings is 1. The quantitative estimate of drug-likeness (QED) is 0.622. The number of halogens is 3. The molecule has 1 N–H and O–H groups in total. The molecule has 1 aromatic carbocycles. The summed E-state index contributed by atoms with van der Waals surface area (Å²) in [4.78, 5) is 39.1. The van der Waals surface area contributed by atoms with Crippen molar-refractivity contribution in [1.29, 1.82) is 0 Å². The van der Waals surface area contributed by atoms with Crippen LogP contribution >= 0.6 is 0 Å². The van der Waals surface area contributed by atoms with Crippen molar-refractivity contribution in [3.05, 3.63) is 35.4 Å². The van der Waals surface area contributed by atoms with Gasteiger partial charge in [-0.05, 0) is 17.7 Å². The molecule has 3 amide bonds. The van der Waals surface area contributed by atoms with E-state index in [1.807, 2.05) is 0 Å². The number of hydrogen-bond acceptors (Lipinski definition) is 4. The fraction of sp³-hybridized carbons (Fsp3) is 0.471. The van der Waals surface area contributed by atoms with Gasteiger partial charge in [-0.15, -0.1) is 0 Å². The number of carbonyl (C=O) groups is 3. The molecular formula is C17H15F3N2O4. The first-order valence-electron chi connectivity index (χ1n) is 8.17. The van der Waals surface area contributed by atoms with E-state index in [0.29, 0.717) is 31.9 Å². The van der Waals surface area contributed by atoms with Gasteiger partial charge in [0.1, 0.15) is 5.41 Å². The first kappa shape index (κ1) is 17.0. The molecule has 3 unspecified atom stereocenters. The summed E-state index contributed by atoms with van der Waals surface area (Å²) < 4.78 is 43.4. The molecule has 0 spiro atoms. The highest BCUT2D eigenvalue weighted by Gasteiger charge is 2.81. The molecule has 0 aromatic heterocycles. The zero-order chi connectivity index (χ0) is 18.7. The van der Waals surface area contributed by atoms with Crippen LogP contribution < -0.4 is 5.32 Å². The highest BCUT2D eigenvalue weighted by atomic mass is 19.4. The van der Waals surface area contributed by atoms with Gasteiger partial charge in [0, 0.05) is 19.0 Å². The summed E-state index contributed by atoms with van der Waals surface area (Å²) in [6.45, 7) is 1.31. The lowest BCUT2D eigenvalue weighted by molar-refractivity contribution is -0.146. The standard InChI is InChI=1S/C17H15F3N2O4/c18-17(19,20)10-3-1-9(2-4-10)11-12-13(23)21-14(24)16(11,12)15(25)22-5-7-26-8-6-22/h1-4,11-12H,5-8H2,(H,21,23,24). The second kappa shape index (κ2) is 5.54. The fourth-order valence-electron chi connectivity index (χ4n) is 4.05. The zero-order valence-electron chi connectivity index (χ0n) is 13.5. The maximum atomic E-state index is 13.0. The maximum Gasteiger partial charge on any atom is 0.416 e. The molecule has 3 aliphatic rings. The van der Waals surface area contributed by atoms with Crippen LogP contribution in [-0.4, -0.2) is 48.9 Å². The zero-order valence-corrected chi connectivity index (χ0v) is 13.5. The fourth-order valence-corrected chi connectivity index (χ4v) is 4.05. The second-order valence-electron chi connectivity index (χ2n) is 6.67. The van der Waals surface area contributed by atoms with Gasteiger partial charge in [-0.1, -0.05) is 12.1 Å². The summed E-state index contributed by atoms with van der Waals surface area (Å²) in [7, 11) is 0. The third-order valence-electron chi connectivity index (χ3n) is 5.35. The molecule has 9 heteroatoms. The van der Waals surface area contributed by atoms with Crippen LogP contribution in [0.1, 0.15) is 17.0 Å². The number of nitrogens with zero attached hydrogens (tertiary/aromatic N) is 1. The Kier molecular flexibility index (Phi) is 3.62. The molecule has 2 saturated heterocycles. The Morgan fingerprint density at radius 3 is 2.31 bits per heavy atom. The molecular weight excluding hydrogens is 353 g/mol. The van der Waals surface area contributed by atoms with Crippen molar-refractivity contribution in [2.45, 2.75) is 12.1 Å². The van der Waals surface area contributed by atoms with Crippen LogP contribution in [0.2, 0.25) is 0 Å². The van der Waals surface area contributed by atoms with E-state index in [1.165, 1.54) is 17.0 Å². The van der Waals surface area contributed by atoms with E-state index < -0.39 is 46.7 Å². The SMILES string of the molecule is O=C1NC(=O)C2(C(=O)N3CCOCC3)C1C2c1ccc(C(F)(F)F)cc1. The van der Waals surface area contributed by atoms with Crippen LogP contribution in [0, 0.1) is 11.3 Å². The van der Waals surface area contributed by atoms with E-state index in [-0.39, 0.29) is 0 Å². The summed E-state index contributed by atoms with van der Waals surface area (Å²) in [6.07, 6.45) is -4.48. The van der Waals surface area contributed by atoms with Crippen molar-refractivity contribution >= 4 is 17.7 Å². The number of fused-ring (bicyclic) bond motifs is 1. The van der Waals surface area contributed by atoms with Crippen molar-refractivity contribution in [3.63, 3.8) is 0 Å². The molecule has 138 valence electrons. The van der Waals surface area contributed by atoms with Gasteiger partial charge >= 0.3 is 6.18 Å². The van der Waals surface area contributed by atoms with Crippen LogP contribution in [0.4, 0.5) is 13.2 Å². The molecule has 3 fully saturated rings. The van der Waals surface area contributed by atoms with Crippen LogP contribution in [0.3, 0.4) is 0 Å². The Hall–Kier alpha value is -2.42. The van der Waals surface area contributed by atoms with Crippen molar-refractivity contribution in [3.8, 4) is 0 Å². The number of morpholine rings is 1. The molecule has 4 rings (SSSR count). The van der Waals surface area contributed by atoms with Gasteiger partial charge in [0.15, 0.2) is 0 Å². The van der Waals surface area contributed by atoms with E-state index in [4.69, 9.17) is 4.74 Å². The Labute approximate surface area is 146 Å². The van der Waals surface area contributed by atoms with Gasteiger partial charge < -0.3 is 9.64 Å². The smallest absolute Gasteiger partial charge is 0.378 e. The molecule has 1 aliphatic carbocycles. The van der Waals surface area contributed by atoms with Crippen LogP contribution in [-0.2, 0) is 25.3 Å². The topological polar surface area (TPSA) is 75.7 Å². The van der Waals surface area contributed by atoms with E-state index in [0.717, 1.165) is 12.1 Å². The lowest BCUT2D eigenvalue weighted by atomic mass is 9.95. The highest BCUT2D eigenvalue weighted by molar-refractivity contribution is 6.24. The van der Waals surface area contributed by atoms with Gasteiger partial charge in [0.05, 0.1) is 24.7 Å². The monoisotopic (exact) mass is 368 g/mol. The molecule has 6 nitrogen and oxygen atoms in total. The third kappa shape index (κ3) is 2.26. The molecule has 3 atom stereocenters. The summed E-state index contributed by atoms with van der Waals surface area (Å²) in [6, 6.07) is 4.28. The van der Waals surface area contributed by atoms with Crippen LogP contribution in [0.15, 0.2) is 24.3 Å². The highest BCUT2D eigenvalue weighted by Crippen LogP contribution is 2.68. The van der Waals surface area contributed by atoms with Crippen LogP contribution in [0.25, 0.3) is 0 Å². The predicted octanol–water partition coefficient (Wildman–Crippen LogP) is 0.920. The molecule has 2 heterocycles. The van der Waals surface area contributed by atoms with E-state index >= 15 is 0 Å². The van der Waals surface area contributed by atoms with E-state index in [9.17, 15) is 27.6 Å². The normalized spacial score (nSPS) is 30.8. The summed E-state index contributed by atoms with van der Waals surface area (Å²) >= 11 is 0. The van der Waals surface area contributed by atoms with Crippen LogP contribution in [0.5, 0.6) is 0 Å². The summed E-state index contributed by atoms with van der Waals surface area (Å²) in [5.41, 5.74) is -1.99. The largest absolute Gasteiger partial charge is 0.416 e. The first-order chi connectivity index (χ1) is 12.3. The average molecular weight is 368 g/mol. The molecule has 26 heavy (non-hydrogen) atoms. The minimum atomic E-state index is -4.48. The van der Waals surface area contributed by atoms with Crippen molar-refractivity contribution < 1.29 is 32.3 Å². The van der Waals surface area contributed by atoms with Gasteiger partial charge in [-0.25, -0.2) is 0 Å². The maximum absolute atomic E-state index is 13.0. The van der Waals surface area contributed by atoms with Gasteiger partial charge in [-0.3, -0.25) is 19.7 Å². The number of imide groups is 1. The Bertz CT molecular complexity index is 786. The molecule has 1 saturated carbocycles. The Balaban J connectivity index is 1.67. The van der Waals surface area contributed by atoms with Gasteiger partial charge in [0.2, 0.25) is 17.7 Å². The molecule has 0 radical (unpaired) electrons. The van der Waals surface area contributed by atoms with Gasteiger partial charge in [-0.2, -0.15) is 13.2 Å². The number of alkyl halides is 3. The lowest BCUT2D eigenvalue weighted by Crippen LogP contribution is -2.48. The predicted molar refractivity (Wildman–Crippen MR) is 80.7 cm³/mol.